The molecule has 2 fully saturated rings. The number of nitrogens with zero attached hydrogens (tertiary/aromatic N) is 2. The third-order valence-electron chi connectivity index (χ3n) is 4.79. The Hall–Kier alpha value is -1.36. The summed E-state index contributed by atoms with van der Waals surface area (Å²) in [6.45, 7) is 9.54. The van der Waals surface area contributed by atoms with E-state index in [1.165, 1.54) is 0 Å². The van der Waals surface area contributed by atoms with Crippen LogP contribution in [0.5, 0.6) is 0 Å². The number of rotatable bonds is 5. The van der Waals surface area contributed by atoms with Crippen molar-refractivity contribution < 1.29 is 9.59 Å². The molecule has 2 amide bonds. The van der Waals surface area contributed by atoms with Crippen LogP contribution in [0.25, 0.3) is 0 Å². The van der Waals surface area contributed by atoms with E-state index in [4.69, 9.17) is 0 Å². The molecule has 0 spiro atoms. The summed E-state index contributed by atoms with van der Waals surface area (Å²) in [5.41, 5.74) is 0. The van der Waals surface area contributed by atoms with Gasteiger partial charge in [-0.3, -0.25) is 14.5 Å². The first-order valence-corrected chi connectivity index (χ1v) is 7.97. The number of carbonyl (C=O) groups excluding carboxylic acids is 2. The second-order valence-corrected chi connectivity index (χ2v) is 6.08. The molecule has 0 bridgehead atoms. The summed E-state index contributed by atoms with van der Waals surface area (Å²) in [6.07, 6.45) is 6.01. The summed E-state index contributed by atoms with van der Waals surface area (Å²) >= 11 is 0. The average molecular weight is 293 g/mol. The summed E-state index contributed by atoms with van der Waals surface area (Å²) in [5, 5.41) is 2.87. The lowest BCUT2D eigenvalue weighted by molar-refractivity contribution is -0.131. The monoisotopic (exact) mass is 293 g/mol. The maximum Gasteiger partial charge on any atom is 0.237 e. The first-order chi connectivity index (χ1) is 10.1. The molecule has 0 aromatic carbocycles. The van der Waals surface area contributed by atoms with Crippen molar-refractivity contribution in [2.75, 3.05) is 19.6 Å². The molecule has 2 aliphatic heterocycles. The highest BCUT2D eigenvalue weighted by molar-refractivity contribution is 5.81. The van der Waals surface area contributed by atoms with Gasteiger partial charge in [-0.2, -0.15) is 0 Å². The maximum absolute atomic E-state index is 12.2. The van der Waals surface area contributed by atoms with E-state index in [0.717, 1.165) is 38.8 Å². The van der Waals surface area contributed by atoms with E-state index in [0.29, 0.717) is 12.6 Å². The van der Waals surface area contributed by atoms with E-state index in [1.807, 2.05) is 11.8 Å². The van der Waals surface area contributed by atoms with Gasteiger partial charge in [-0.1, -0.05) is 6.08 Å². The number of hydrogen-bond acceptors (Lipinski definition) is 3. The Bertz CT molecular complexity index is 410. The van der Waals surface area contributed by atoms with Crippen LogP contribution in [0.1, 0.15) is 39.5 Å². The van der Waals surface area contributed by atoms with Gasteiger partial charge in [0.05, 0.1) is 6.04 Å². The molecule has 0 aliphatic carbocycles. The van der Waals surface area contributed by atoms with E-state index in [9.17, 15) is 9.59 Å². The molecule has 2 heterocycles. The molecule has 0 saturated carbocycles. The van der Waals surface area contributed by atoms with Crippen LogP contribution < -0.4 is 5.32 Å². The summed E-state index contributed by atoms with van der Waals surface area (Å²) in [4.78, 5) is 28.2. The maximum atomic E-state index is 12.2. The van der Waals surface area contributed by atoms with Gasteiger partial charge in [0.15, 0.2) is 0 Å². The van der Waals surface area contributed by atoms with E-state index >= 15 is 0 Å². The highest BCUT2D eigenvalue weighted by Crippen LogP contribution is 2.31. The smallest absolute Gasteiger partial charge is 0.237 e. The van der Waals surface area contributed by atoms with Crippen molar-refractivity contribution in [3.63, 3.8) is 0 Å². The summed E-state index contributed by atoms with van der Waals surface area (Å²) in [6, 6.07) is 0.451. The fourth-order valence-electron chi connectivity index (χ4n) is 3.76. The Morgan fingerprint density at radius 1 is 1.29 bits per heavy atom. The van der Waals surface area contributed by atoms with Crippen molar-refractivity contribution in [1.29, 1.82) is 0 Å². The van der Waals surface area contributed by atoms with E-state index in [1.54, 1.807) is 13.0 Å². The first-order valence-electron chi connectivity index (χ1n) is 7.97. The third kappa shape index (κ3) is 3.46. The zero-order valence-electron chi connectivity index (χ0n) is 13.2. The van der Waals surface area contributed by atoms with Crippen molar-refractivity contribution in [3.8, 4) is 0 Å². The molecule has 21 heavy (non-hydrogen) atoms. The van der Waals surface area contributed by atoms with Gasteiger partial charge in [0.2, 0.25) is 11.8 Å². The largest absolute Gasteiger partial charge is 0.351 e. The molecular formula is C16H27N3O2. The molecular weight excluding hydrogens is 266 g/mol. The number of amides is 2. The molecule has 5 heteroatoms. The molecule has 0 unspecified atom stereocenters. The SMILES string of the molecule is C=CCNC(=O)[C@H](C)N1CCC[C@@H]1[C@@H]1CCCN1C(C)=O. The Balaban J connectivity index is 2.04. The Labute approximate surface area is 127 Å². The molecule has 5 nitrogen and oxygen atoms in total. The van der Waals surface area contributed by atoms with Crippen molar-refractivity contribution in [3.05, 3.63) is 12.7 Å². The lowest BCUT2D eigenvalue weighted by atomic mass is 10.0. The van der Waals surface area contributed by atoms with E-state index in [-0.39, 0.29) is 23.9 Å². The highest BCUT2D eigenvalue weighted by Gasteiger charge is 2.41. The van der Waals surface area contributed by atoms with Gasteiger partial charge in [-0.25, -0.2) is 0 Å². The molecule has 2 saturated heterocycles. The predicted octanol–water partition coefficient (Wildman–Crippen LogP) is 1.15. The van der Waals surface area contributed by atoms with Crippen molar-refractivity contribution in [2.24, 2.45) is 0 Å². The van der Waals surface area contributed by atoms with Crippen LogP contribution in [0.3, 0.4) is 0 Å². The number of hydrogen-bond donors (Lipinski definition) is 1. The zero-order chi connectivity index (χ0) is 15.4. The van der Waals surface area contributed by atoms with Crippen molar-refractivity contribution in [2.45, 2.75) is 57.7 Å². The van der Waals surface area contributed by atoms with Crippen LogP contribution >= 0.6 is 0 Å². The molecule has 118 valence electrons. The van der Waals surface area contributed by atoms with Crippen molar-refractivity contribution >= 4 is 11.8 Å². The van der Waals surface area contributed by atoms with Crippen LogP contribution in [0, 0.1) is 0 Å². The summed E-state index contributed by atoms with van der Waals surface area (Å²) in [7, 11) is 0. The standard InChI is InChI=1S/C16H27N3O2/c1-4-9-17-16(21)12(2)18-10-5-7-14(18)15-8-6-11-19(15)13(3)20/h4,12,14-15H,1,5-11H2,2-3H3,(H,17,21)/t12-,14+,15-/m0/s1. The molecule has 2 aliphatic rings. The van der Waals surface area contributed by atoms with Gasteiger partial charge in [-0.05, 0) is 39.2 Å². The van der Waals surface area contributed by atoms with Gasteiger partial charge >= 0.3 is 0 Å². The lowest BCUT2D eigenvalue weighted by Gasteiger charge is -2.37. The van der Waals surface area contributed by atoms with E-state index < -0.39 is 0 Å². The van der Waals surface area contributed by atoms with Crippen LogP contribution in [0.2, 0.25) is 0 Å². The summed E-state index contributed by atoms with van der Waals surface area (Å²) < 4.78 is 0. The zero-order valence-corrected chi connectivity index (χ0v) is 13.2. The molecule has 0 radical (unpaired) electrons. The first kappa shape index (κ1) is 16.0. The molecule has 0 aromatic heterocycles. The normalized spacial score (nSPS) is 27.6. The van der Waals surface area contributed by atoms with Gasteiger partial charge in [0.25, 0.3) is 0 Å². The minimum atomic E-state index is -0.146. The Kier molecular flexibility index (Phi) is 5.39. The second kappa shape index (κ2) is 7.07. The van der Waals surface area contributed by atoms with Crippen molar-refractivity contribution in [1.82, 2.24) is 15.1 Å². The molecule has 1 N–H and O–H groups in total. The minimum absolute atomic E-state index is 0.0502. The van der Waals surface area contributed by atoms with E-state index in [2.05, 4.69) is 16.8 Å². The highest BCUT2D eigenvalue weighted by atomic mass is 16.2. The van der Waals surface area contributed by atoms with Gasteiger partial charge in [-0.15, -0.1) is 6.58 Å². The van der Waals surface area contributed by atoms with Crippen LogP contribution in [-0.4, -0.2) is 59.4 Å². The lowest BCUT2D eigenvalue weighted by Crippen LogP contribution is -2.54. The number of nitrogens with one attached hydrogen (secondary N) is 1. The quantitative estimate of drug-likeness (QED) is 0.774. The fourth-order valence-corrected chi connectivity index (χ4v) is 3.76. The molecule has 0 aromatic rings. The predicted molar refractivity (Wildman–Crippen MR) is 82.8 cm³/mol. The van der Waals surface area contributed by atoms with Crippen LogP contribution in [0.15, 0.2) is 12.7 Å². The van der Waals surface area contributed by atoms with Gasteiger partial charge < -0.3 is 10.2 Å². The molecule has 3 atom stereocenters. The Morgan fingerprint density at radius 3 is 2.62 bits per heavy atom. The molecule has 2 rings (SSSR count). The number of likely N-dealkylation sites (tertiary alicyclic amines) is 2. The average Bonchev–Trinajstić information content (AvgIpc) is 3.10. The van der Waals surface area contributed by atoms with Crippen LogP contribution in [-0.2, 0) is 9.59 Å². The van der Waals surface area contributed by atoms with Gasteiger partial charge in [0.1, 0.15) is 0 Å². The topological polar surface area (TPSA) is 52.7 Å². The Morgan fingerprint density at radius 2 is 1.95 bits per heavy atom. The van der Waals surface area contributed by atoms with Crippen LogP contribution in [0.4, 0.5) is 0 Å². The fraction of sp³-hybridized carbons (Fsp3) is 0.750. The second-order valence-electron chi connectivity index (χ2n) is 6.08. The number of carbonyl (C=O) groups is 2. The van der Waals surface area contributed by atoms with Gasteiger partial charge in [0, 0.05) is 32.1 Å². The minimum Gasteiger partial charge on any atom is -0.351 e. The summed E-state index contributed by atoms with van der Waals surface area (Å²) in [5.74, 6) is 0.210. The third-order valence-corrected chi connectivity index (χ3v) is 4.79.